The molecule has 0 radical (unpaired) electrons. The molecule has 4 heteroatoms. The Hall–Kier alpha value is -1.94. The number of hydrogen-bond acceptors (Lipinski definition) is 4. The molecule has 18 heavy (non-hydrogen) atoms. The molecule has 0 saturated heterocycles. The van der Waals surface area contributed by atoms with E-state index in [2.05, 4.69) is 15.3 Å². The summed E-state index contributed by atoms with van der Waals surface area (Å²) in [4.78, 5) is 8.74. The van der Waals surface area contributed by atoms with Gasteiger partial charge in [-0.3, -0.25) is 0 Å². The van der Waals surface area contributed by atoms with Crippen LogP contribution in [0.4, 0.5) is 0 Å². The molecule has 0 saturated carbocycles. The van der Waals surface area contributed by atoms with Crippen molar-refractivity contribution in [2.45, 2.75) is 13.5 Å². The number of hydrogen-bond donors (Lipinski definition) is 1. The van der Waals surface area contributed by atoms with Gasteiger partial charge in [0.05, 0.1) is 7.11 Å². The van der Waals surface area contributed by atoms with E-state index < -0.39 is 0 Å². The van der Waals surface area contributed by atoms with Crippen LogP contribution in [-0.4, -0.2) is 24.1 Å². The minimum Gasteiger partial charge on any atom is -0.496 e. The van der Waals surface area contributed by atoms with Gasteiger partial charge in [-0.25, -0.2) is 9.97 Å². The Bertz CT molecular complexity index is 523. The van der Waals surface area contributed by atoms with Gasteiger partial charge < -0.3 is 10.1 Å². The van der Waals surface area contributed by atoms with Crippen LogP contribution in [0, 0.1) is 6.92 Å². The van der Waals surface area contributed by atoms with E-state index >= 15 is 0 Å². The highest BCUT2D eigenvalue weighted by Gasteiger charge is 2.04. The second-order valence-corrected chi connectivity index (χ2v) is 4.13. The highest BCUT2D eigenvalue weighted by molar-refractivity contribution is 5.58. The molecule has 1 N–H and O–H groups in total. The van der Waals surface area contributed by atoms with Crippen molar-refractivity contribution in [2.24, 2.45) is 0 Å². The van der Waals surface area contributed by atoms with E-state index in [0.29, 0.717) is 0 Å². The summed E-state index contributed by atoms with van der Waals surface area (Å²) in [6.07, 6.45) is 3.69. The number of rotatable bonds is 4. The maximum absolute atomic E-state index is 5.24. The molecule has 4 nitrogen and oxygen atoms in total. The fourth-order valence-corrected chi connectivity index (χ4v) is 1.82. The van der Waals surface area contributed by atoms with Crippen molar-refractivity contribution >= 4 is 0 Å². The van der Waals surface area contributed by atoms with Crippen LogP contribution in [0.3, 0.4) is 0 Å². The van der Waals surface area contributed by atoms with Crippen molar-refractivity contribution < 1.29 is 4.74 Å². The number of aryl methyl sites for hydroxylation is 1. The highest BCUT2D eigenvalue weighted by Crippen LogP contribution is 2.23. The molecular weight excluding hydrogens is 226 g/mol. The van der Waals surface area contributed by atoms with Crippen LogP contribution in [0.5, 0.6) is 5.75 Å². The highest BCUT2D eigenvalue weighted by atomic mass is 16.5. The van der Waals surface area contributed by atoms with Crippen molar-refractivity contribution in [2.75, 3.05) is 14.2 Å². The van der Waals surface area contributed by atoms with Crippen LogP contribution >= 0.6 is 0 Å². The minimum absolute atomic E-state index is 0.737. The third-order valence-electron chi connectivity index (χ3n) is 2.74. The molecule has 2 rings (SSSR count). The van der Waals surface area contributed by atoms with E-state index in [-0.39, 0.29) is 0 Å². The minimum atomic E-state index is 0.737. The second kappa shape index (κ2) is 5.60. The van der Waals surface area contributed by atoms with Crippen LogP contribution in [0.2, 0.25) is 0 Å². The number of benzene rings is 1. The Kier molecular flexibility index (Phi) is 3.89. The van der Waals surface area contributed by atoms with E-state index in [9.17, 15) is 0 Å². The van der Waals surface area contributed by atoms with Gasteiger partial charge in [0, 0.05) is 30.1 Å². The summed E-state index contributed by atoms with van der Waals surface area (Å²) in [7, 11) is 3.58. The molecule has 0 bridgehead atoms. The Morgan fingerprint density at radius 3 is 2.50 bits per heavy atom. The second-order valence-electron chi connectivity index (χ2n) is 4.13. The molecule has 0 atom stereocenters. The fraction of sp³-hybridized carbons (Fsp3) is 0.286. The standard InChI is InChI=1S/C14H17N3O/c1-10-6-12(4-5-13(10)18-3)14-16-8-11(7-15-2)9-17-14/h4-6,8-9,15H,7H2,1-3H3. The van der Waals surface area contributed by atoms with Crippen LogP contribution in [0.15, 0.2) is 30.6 Å². The lowest BCUT2D eigenvalue weighted by Gasteiger charge is -2.07. The zero-order valence-corrected chi connectivity index (χ0v) is 10.9. The SMILES string of the molecule is CNCc1cnc(-c2ccc(OC)c(C)c2)nc1. The van der Waals surface area contributed by atoms with Crippen molar-refractivity contribution in [1.82, 2.24) is 15.3 Å². The first kappa shape index (κ1) is 12.5. The molecule has 94 valence electrons. The molecule has 0 aliphatic carbocycles. The zero-order chi connectivity index (χ0) is 13.0. The molecular formula is C14H17N3O. The van der Waals surface area contributed by atoms with E-state index in [4.69, 9.17) is 4.74 Å². The molecule has 0 aliphatic heterocycles. The van der Waals surface area contributed by atoms with Gasteiger partial charge in [-0.15, -0.1) is 0 Å². The number of aromatic nitrogens is 2. The normalized spacial score (nSPS) is 10.4. The molecule has 0 unspecified atom stereocenters. The summed E-state index contributed by atoms with van der Waals surface area (Å²) >= 11 is 0. The predicted molar refractivity (Wildman–Crippen MR) is 71.5 cm³/mol. The fourth-order valence-electron chi connectivity index (χ4n) is 1.82. The Morgan fingerprint density at radius 1 is 1.22 bits per heavy atom. The average molecular weight is 243 g/mol. The Balaban J connectivity index is 2.28. The van der Waals surface area contributed by atoms with Crippen molar-refractivity contribution in [1.29, 1.82) is 0 Å². The first-order valence-electron chi connectivity index (χ1n) is 5.85. The number of ether oxygens (including phenoxy) is 1. The van der Waals surface area contributed by atoms with E-state index in [1.807, 2.05) is 44.6 Å². The Labute approximate surface area is 107 Å². The quantitative estimate of drug-likeness (QED) is 0.894. The van der Waals surface area contributed by atoms with Gasteiger partial charge in [-0.2, -0.15) is 0 Å². The summed E-state index contributed by atoms with van der Waals surface area (Å²) in [5.41, 5.74) is 3.16. The van der Waals surface area contributed by atoms with Gasteiger partial charge in [0.2, 0.25) is 0 Å². The van der Waals surface area contributed by atoms with Gasteiger partial charge in [0.1, 0.15) is 5.75 Å². The van der Waals surface area contributed by atoms with Crippen molar-refractivity contribution in [3.63, 3.8) is 0 Å². The average Bonchev–Trinajstić information content (AvgIpc) is 2.40. The maximum Gasteiger partial charge on any atom is 0.159 e. The van der Waals surface area contributed by atoms with Crippen molar-refractivity contribution in [3.8, 4) is 17.1 Å². The van der Waals surface area contributed by atoms with E-state index in [1.165, 1.54) is 0 Å². The molecule has 1 aromatic heterocycles. The summed E-state index contributed by atoms with van der Waals surface area (Å²) in [6.45, 7) is 2.79. The van der Waals surface area contributed by atoms with Gasteiger partial charge in [0.15, 0.2) is 5.82 Å². The van der Waals surface area contributed by atoms with Crippen LogP contribution < -0.4 is 10.1 Å². The summed E-state index contributed by atoms with van der Waals surface area (Å²) in [5, 5.41) is 3.07. The maximum atomic E-state index is 5.24. The molecule has 2 aromatic rings. The monoisotopic (exact) mass is 243 g/mol. The molecule has 1 heterocycles. The molecule has 1 aromatic carbocycles. The largest absolute Gasteiger partial charge is 0.496 e. The first-order valence-corrected chi connectivity index (χ1v) is 5.85. The Morgan fingerprint density at radius 2 is 1.94 bits per heavy atom. The lowest BCUT2D eigenvalue weighted by molar-refractivity contribution is 0.412. The van der Waals surface area contributed by atoms with Gasteiger partial charge in [0.25, 0.3) is 0 Å². The molecule has 0 spiro atoms. The predicted octanol–water partition coefficient (Wildman–Crippen LogP) is 2.18. The molecule has 0 fully saturated rings. The van der Waals surface area contributed by atoms with E-state index in [1.54, 1.807) is 7.11 Å². The summed E-state index contributed by atoms with van der Waals surface area (Å²) < 4.78 is 5.24. The van der Waals surface area contributed by atoms with Crippen molar-refractivity contribution in [3.05, 3.63) is 41.7 Å². The third kappa shape index (κ3) is 2.65. The summed E-state index contributed by atoms with van der Waals surface area (Å²) in [6, 6.07) is 5.94. The topological polar surface area (TPSA) is 47.0 Å². The number of methoxy groups -OCH3 is 1. The van der Waals surface area contributed by atoms with Crippen LogP contribution in [-0.2, 0) is 6.54 Å². The lowest BCUT2D eigenvalue weighted by atomic mass is 10.1. The van der Waals surface area contributed by atoms with Gasteiger partial charge in [-0.05, 0) is 37.7 Å². The van der Waals surface area contributed by atoms with Crippen LogP contribution in [0.25, 0.3) is 11.4 Å². The van der Waals surface area contributed by atoms with E-state index in [0.717, 1.165) is 34.8 Å². The first-order chi connectivity index (χ1) is 8.74. The summed E-state index contributed by atoms with van der Waals surface area (Å²) in [5.74, 6) is 1.62. The third-order valence-corrected chi connectivity index (χ3v) is 2.74. The van der Waals surface area contributed by atoms with Crippen LogP contribution in [0.1, 0.15) is 11.1 Å². The number of nitrogens with one attached hydrogen (secondary N) is 1. The van der Waals surface area contributed by atoms with Gasteiger partial charge >= 0.3 is 0 Å². The molecule has 0 aliphatic rings. The zero-order valence-electron chi connectivity index (χ0n) is 10.9. The number of nitrogens with zero attached hydrogens (tertiary/aromatic N) is 2. The smallest absolute Gasteiger partial charge is 0.159 e. The lowest BCUT2D eigenvalue weighted by Crippen LogP contribution is -2.06. The van der Waals surface area contributed by atoms with Gasteiger partial charge in [-0.1, -0.05) is 0 Å². The molecule has 0 amide bonds.